The summed E-state index contributed by atoms with van der Waals surface area (Å²) in [4.78, 5) is 10.4. The first kappa shape index (κ1) is 8.69. The van der Waals surface area contributed by atoms with Crippen LogP contribution in [0.2, 0.25) is 0 Å². The molecule has 0 N–H and O–H groups in total. The van der Waals surface area contributed by atoms with Gasteiger partial charge in [0.1, 0.15) is 0 Å². The third-order valence-corrected chi connectivity index (χ3v) is 2.90. The number of benzene rings is 1. The molecule has 1 aromatic carbocycles. The van der Waals surface area contributed by atoms with Crippen LogP contribution in [0.15, 0.2) is 22.7 Å². The summed E-state index contributed by atoms with van der Waals surface area (Å²) in [5.74, 6) is 0. The number of hydrogen-bond acceptors (Lipinski definition) is 2. The second-order valence-corrected chi connectivity index (χ2v) is 4.10. The van der Waals surface area contributed by atoms with Crippen LogP contribution in [0.25, 0.3) is 0 Å². The molecule has 0 amide bonds. The minimum Gasteiger partial charge on any atom is -0.264 e. The van der Waals surface area contributed by atoms with Gasteiger partial charge in [-0.15, -0.1) is 0 Å². The fraction of sp³-hybridized carbons (Fsp3) is 0.333. The highest BCUT2D eigenvalue weighted by atomic mass is 79.9. The van der Waals surface area contributed by atoms with Gasteiger partial charge < -0.3 is 0 Å². The summed E-state index contributed by atoms with van der Waals surface area (Å²) in [5, 5.41) is 10.6. The molecule has 0 saturated carbocycles. The Morgan fingerprint density at radius 2 is 2.31 bits per heavy atom. The van der Waals surface area contributed by atoms with Gasteiger partial charge >= 0.3 is 0 Å². The highest BCUT2D eigenvalue weighted by molar-refractivity contribution is 9.10. The van der Waals surface area contributed by atoms with Crippen molar-refractivity contribution in [2.75, 3.05) is 0 Å². The molecule has 1 aromatic rings. The zero-order valence-corrected chi connectivity index (χ0v) is 8.45. The predicted molar refractivity (Wildman–Crippen MR) is 52.2 cm³/mol. The Labute approximate surface area is 84.0 Å². The minimum atomic E-state index is -0.483. The first-order valence-electron chi connectivity index (χ1n) is 4.10. The van der Waals surface area contributed by atoms with Gasteiger partial charge in [0.15, 0.2) is 0 Å². The molecule has 68 valence electrons. The van der Waals surface area contributed by atoms with Crippen LogP contribution in [0.5, 0.6) is 0 Å². The Bertz CT molecular complexity index is 365. The number of aryl methyl sites for hydroxylation is 1. The first-order valence-corrected chi connectivity index (χ1v) is 4.89. The molecule has 3 nitrogen and oxygen atoms in total. The normalized spacial score (nSPS) is 19.9. The molecule has 0 heterocycles. The Hall–Kier alpha value is -0.900. The highest BCUT2D eigenvalue weighted by Crippen LogP contribution is 2.34. The van der Waals surface area contributed by atoms with E-state index in [-0.39, 0.29) is 4.92 Å². The van der Waals surface area contributed by atoms with E-state index in [1.165, 1.54) is 0 Å². The van der Waals surface area contributed by atoms with Crippen LogP contribution in [0.3, 0.4) is 0 Å². The van der Waals surface area contributed by atoms with Gasteiger partial charge in [0.2, 0.25) is 6.04 Å². The van der Waals surface area contributed by atoms with Gasteiger partial charge in [0.25, 0.3) is 0 Å². The lowest BCUT2D eigenvalue weighted by Gasteiger charge is -2.02. The van der Waals surface area contributed by atoms with Gasteiger partial charge in [-0.05, 0) is 24.1 Å². The molecule has 1 unspecified atom stereocenters. The minimum absolute atomic E-state index is 0.195. The van der Waals surface area contributed by atoms with Crippen molar-refractivity contribution in [2.24, 2.45) is 0 Å². The van der Waals surface area contributed by atoms with E-state index in [1.807, 2.05) is 18.2 Å². The van der Waals surface area contributed by atoms with Crippen LogP contribution in [0.1, 0.15) is 23.6 Å². The molecule has 1 atom stereocenters. The molecule has 2 rings (SSSR count). The second-order valence-electron chi connectivity index (χ2n) is 3.18. The molecular weight excluding hydrogens is 234 g/mol. The molecule has 0 aliphatic heterocycles. The maximum Gasteiger partial charge on any atom is 0.238 e. The van der Waals surface area contributed by atoms with Crippen LogP contribution < -0.4 is 0 Å². The van der Waals surface area contributed by atoms with E-state index in [0.717, 1.165) is 22.0 Å². The van der Waals surface area contributed by atoms with Crippen molar-refractivity contribution in [3.63, 3.8) is 0 Å². The summed E-state index contributed by atoms with van der Waals surface area (Å²) in [7, 11) is 0. The summed E-state index contributed by atoms with van der Waals surface area (Å²) < 4.78 is 0.996. The lowest BCUT2D eigenvalue weighted by atomic mass is 10.1. The fourth-order valence-electron chi connectivity index (χ4n) is 1.78. The molecule has 1 aliphatic carbocycles. The third kappa shape index (κ3) is 1.46. The van der Waals surface area contributed by atoms with Gasteiger partial charge in [-0.1, -0.05) is 22.0 Å². The van der Waals surface area contributed by atoms with Gasteiger partial charge in [0, 0.05) is 21.4 Å². The van der Waals surface area contributed by atoms with Crippen LogP contribution in [0, 0.1) is 10.1 Å². The fourth-order valence-corrected chi connectivity index (χ4v) is 2.19. The van der Waals surface area contributed by atoms with Crippen molar-refractivity contribution in [2.45, 2.75) is 18.9 Å². The van der Waals surface area contributed by atoms with Crippen LogP contribution in [-0.4, -0.2) is 4.92 Å². The number of fused-ring (bicyclic) bond motifs is 1. The predicted octanol–water partition coefficient (Wildman–Crippen LogP) is 2.71. The Morgan fingerprint density at radius 1 is 1.54 bits per heavy atom. The van der Waals surface area contributed by atoms with Crippen molar-refractivity contribution in [3.05, 3.63) is 43.9 Å². The molecule has 0 saturated heterocycles. The third-order valence-electron chi connectivity index (χ3n) is 2.41. The second kappa shape index (κ2) is 3.10. The quantitative estimate of drug-likeness (QED) is 0.561. The van der Waals surface area contributed by atoms with Crippen molar-refractivity contribution in [1.82, 2.24) is 0 Å². The summed E-state index contributed by atoms with van der Waals surface area (Å²) >= 11 is 3.35. The maximum atomic E-state index is 10.6. The van der Waals surface area contributed by atoms with E-state index in [9.17, 15) is 10.1 Å². The lowest BCUT2D eigenvalue weighted by Crippen LogP contribution is -2.05. The lowest BCUT2D eigenvalue weighted by molar-refractivity contribution is -0.528. The van der Waals surface area contributed by atoms with Gasteiger partial charge in [-0.25, -0.2) is 0 Å². The van der Waals surface area contributed by atoms with Gasteiger partial charge in [0.05, 0.1) is 0 Å². The SMILES string of the molecule is O=[N+]([O-])C1CCc2cc(Br)ccc21. The smallest absolute Gasteiger partial charge is 0.238 e. The van der Waals surface area contributed by atoms with Crippen LogP contribution in [-0.2, 0) is 6.42 Å². The summed E-state index contributed by atoms with van der Waals surface area (Å²) in [5.41, 5.74) is 1.99. The average Bonchev–Trinajstić information content (AvgIpc) is 2.46. The molecule has 1 aliphatic rings. The monoisotopic (exact) mass is 241 g/mol. The molecule has 4 heteroatoms. The molecule has 0 spiro atoms. The van der Waals surface area contributed by atoms with Crippen molar-refractivity contribution >= 4 is 15.9 Å². The number of halogens is 1. The summed E-state index contributed by atoms with van der Waals surface area (Å²) in [6.07, 6.45) is 1.46. The van der Waals surface area contributed by atoms with E-state index in [0.29, 0.717) is 6.42 Å². The van der Waals surface area contributed by atoms with Crippen molar-refractivity contribution in [3.8, 4) is 0 Å². The molecule has 13 heavy (non-hydrogen) atoms. The van der Waals surface area contributed by atoms with Crippen molar-refractivity contribution in [1.29, 1.82) is 0 Å². The number of hydrogen-bond donors (Lipinski definition) is 0. The Morgan fingerprint density at radius 3 is 3.00 bits per heavy atom. The highest BCUT2D eigenvalue weighted by Gasteiger charge is 2.31. The molecule has 0 aromatic heterocycles. The zero-order valence-electron chi connectivity index (χ0n) is 6.87. The summed E-state index contributed by atoms with van der Waals surface area (Å²) in [6.45, 7) is 0. The molecule has 0 radical (unpaired) electrons. The molecule has 0 fully saturated rings. The largest absolute Gasteiger partial charge is 0.264 e. The average molecular weight is 242 g/mol. The number of nitro groups is 1. The Balaban J connectivity index is 2.44. The Kier molecular flexibility index (Phi) is 2.07. The van der Waals surface area contributed by atoms with E-state index in [4.69, 9.17) is 0 Å². The van der Waals surface area contributed by atoms with E-state index in [2.05, 4.69) is 15.9 Å². The maximum absolute atomic E-state index is 10.6. The first-order chi connectivity index (χ1) is 6.18. The number of nitrogens with zero attached hydrogens (tertiary/aromatic N) is 1. The standard InChI is InChI=1S/C9H8BrNO2/c10-7-2-3-8-6(5-7)1-4-9(8)11(12)13/h2-3,5,9H,1,4H2. The molecular formula is C9H8BrNO2. The van der Waals surface area contributed by atoms with Crippen LogP contribution in [0.4, 0.5) is 0 Å². The van der Waals surface area contributed by atoms with E-state index < -0.39 is 6.04 Å². The topological polar surface area (TPSA) is 43.1 Å². The molecule has 0 bridgehead atoms. The van der Waals surface area contributed by atoms with Crippen LogP contribution >= 0.6 is 15.9 Å². The summed E-state index contributed by atoms with van der Waals surface area (Å²) in [6, 6.07) is 5.20. The zero-order chi connectivity index (χ0) is 9.42. The van der Waals surface area contributed by atoms with E-state index >= 15 is 0 Å². The van der Waals surface area contributed by atoms with Gasteiger partial charge in [-0.3, -0.25) is 10.1 Å². The van der Waals surface area contributed by atoms with Gasteiger partial charge in [-0.2, -0.15) is 0 Å². The number of rotatable bonds is 1. The van der Waals surface area contributed by atoms with E-state index in [1.54, 1.807) is 0 Å². The van der Waals surface area contributed by atoms with Crippen molar-refractivity contribution < 1.29 is 4.92 Å².